The molecule has 2 aromatic rings. The highest BCUT2D eigenvalue weighted by Gasteiger charge is 2.20. The first-order chi connectivity index (χ1) is 13.3. The summed E-state index contributed by atoms with van der Waals surface area (Å²) in [6.07, 6.45) is 5.74. The fourth-order valence-electron chi connectivity index (χ4n) is 4.15. The van der Waals surface area contributed by atoms with E-state index in [2.05, 4.69) is 50.8 Å². The molecule has 1 saturated heterocycles. The molecule has 2 aliphatic rings. The van der Waals surface area contributed by atoms with Crippen LogP contribution < -0.4 is 10.2 Å². The van der Waals surface area contributed by atoms with Crippen LogP contribution in [-0.4, -0.2) is 50.1 Å². The Balaban J connectivity index is 1.17. The number of nitrogens with one attached hydrogen (secondary N) is 1. The number of para-hydroxylation sites is 1. The quantitative estimate of drug-likeness (QED) is 0.775. The van der Waals surface area contributed by atoms with E-state index in [1.807, 2.05) is 0 Å². The summed E-state index contributed by atoms with van der Waals surface area (Å²) < 4.78 is 0. The third-order valence-corrected chi connectivity index (χ3v) is 6.82. The Morgan fingerprint density at radius 1 is 1.04 bits per heavy atom. The summed E-state index contributed by atoms with van der Waals surface area (Å²) in [4.78, 5) is 18.9. The first-order valence-corrected chi connectivity index (χ1v) is 11.1. The second-order valence-corrected chi connectivity index (χ2v) is 8.50. The molecular weight excluding hydrogens is 354 g/mol. The lowest BCUT2D eigenvalue weighted by molar-refractivity contribution is 0.0951. The molecule has 1 aliphatic heterocycles. The monoisotopic (exact) mass is 383 g/mol. The second kappa shape index (κ2) is 8.89. The summed E-state index contributed by atoms with van der Waals surface area (Å²) in [6.45, 7) is 6.18. The highest BCUT2D eigenvalue weighted by molar-refractivity contribution is 7.10. The molecule has 1 aromatic carbocycles. The fourth-order valence-corrected chi connectivity index (χ4v) is 5.28. The third kappa shape index (κ3) is 4.53. The van der Waals surface area contributed by atoms with Gasteiger partial charge < -0.3 is 10.2 Å². The van der Waals surface area contributed by atoms with Crippen LogP contribution in [0.2, 0.25) is 0 Å². The molecule has 4 nitrogen and oxygen atoms in total. The van der Waals surface area contributed by atoms with Crippen LogP contribution in [0.4, 0.5) is 5.69 Å². The van der Waals surface area contributed by atoms with Gasteiger partial charge >= 0.3 is 0 Å². The number of hydrogen-bond acceptors (Lipinski definition) is 4. The third-order valence-electron chi connectivity index (χ3n) is 5.74. The predicted octanol–water partition coefficient (Wildman–Crippen LogP) is 3.57. The molecule has 0 unspecified atom stereocenters. The summed E-state index contributed by atoms with van der Waals surface area (Å²) in [5, 5.41) is 5.20. The topological polar surface area (TPSA) is 35.6 Å². The van der Waals surface area contributed by atoms with Gasteiger partial charge in [0, 0.05) is 48.7 Å². The zero-order valence-electron chi connectivity index (χ0n) is 16.0. The van der Waals surface area contributed by atoms with Crippen LogP contribution in [0.5, 0.6) is 0 Å². The van der Waals surface area contributed by atoms with E-state index in [1.165, 1.54) is 29.0 Å². The fraction of sp³-hybridized carbons (Fsp3) is 0.500. The van der Waals surface area contributed by atoms with Gasteiger partial charge in [0.05, 0.1) is 5.56 Å². The van der Waals surface area contributed by atoms with E-state index < -0.39 is 0 Å². The first kappa shape index (κ1) is 18.5. The minimum Gasteiger partial charge on any atom is -0.369 e. The maximum atomic E-state index is 12.5. The molecule has 0 radical (unpaired) electrons. The molecule has 27 heavy (non-hydrogen) atoms. The normalized spacial score (nSPS) is 17.6. The molecule has 0 bridgehead atoms. The number of aryl methyl sites for hydroxylation is 1. The van der Waals surface area contributed by atoms with Crippen LogP contribution in [0.15, 0.2) is 35.7 Å². The van der Waals surface area contributed by atoms with E-state index in [-0.39, 0.29) is 5.91 Å². The van der Waals surface area contributed by atoms with Crippen LogP contribution in [0.1, 0.15) is 40.1 Å². The van der Waals surface area contributed by atoms with Gasteiger partial charge in [-0.1, -0.05) is 18.2 Å². The molecule has 4 rings (SSSR count). The van der Waals surface area contributed by atoms with Gasteiger partial charge in [0.25, 0.3) is 5.91 Å². The molecule has 1 fully saturated rings. The Bertz CT molecular complexity index is 750. The van der Waals surface area contributed by atoms with Crippen LogP contribution >= 0.6 is 11.3 Å². The number of carbonyl (C=O) groups excluding carboxylic acids is 1. The number of nitrogens with zero attached hydrogens (tertiary/aromatic N) is 2. The number of hydrogen-bond donors (Lipinski definition) is 1. The van der Waals surface area contributed by atoms with Crippen molar-refractivity contribution in [2.75, 3.05) is 44.2 Å². The maximum absolute atomic E-state index is 12.5. The lowest BCUT2D eigenvalue weighted by Gasteiger charge is -2.36. The van der Waals surface area contributed by atoms with E-state index in [1.54, 1.807) is 11.3 Å². The van der Waals surface area contributed by atoms with Crippen LogP contribution in [0.25, 0.3) is 0 Å². The van der Waals surface area contributed by atoms with E-state index in [4.69, 9.17) is 0 Å². The summed E-state index contributed by atoms with van der Waals surface area (Å²) >= 11 is 1.77. The highest BCUT2D eigenvalue weighted by atomic mass is 32.1. The van der Waals surface area contributed by atoms with Crippen molar-refractivity contribution in [2.24, 2.45) is 0 Å². The Kier molecular flexibility index (Phi) is 6.10. The average molecular weight is 384 g/mol. The second-order valence-electron chi connectivity index (χ2n) is 7.53. The zero-order chi connectivity index (χ0) is 18.5. The minimum absolute atomic E-state index is 0.128. The van der Waals surface area contributed by atoms with Crippen LogP contribution in [-0.2, 0) is 12.8 Å². The van der Waals surface area contributed by atoms with Gasteiger partial charge in [-0.25, -0.2) is 0 Å². The zero-order valence-corrected chi connectivity index (χ0v) is 16.8. The van der Waals surface area contributed by atoms with Crippen molar-refractivity contribution in [3.8, 4) is 0 Å². The summed E-state index contributed by atoms with van der Waals surface area (Å²) in [5.41, 5.74) is 3.58. The molecular formula is C22H29N3OS. The molecule has 144 valence electrons. The molecule has 1 amide bonds. The van der Waals surface area contributed by atoms with Crippen molar-refractivity contribution in [3.63, 3.8) is 0 Å². The number of amides is 1. The van der Waals surface area contributed by atoms with Crippen molar-refractivity contribution in [2.45, 2.75) is 32.1 Å². The average Bonchev–Trinajstić information content (AvgIpc) is 3.16. The molecule has 5 heteroatoms. The van der Waals surface area contributed by atoms with Crippen molar-refractivity contribution in [1.82, 2.24) is 10.2 Å². The molecule has 1 aliphatic carbocycles. The number of benzene rings is 1. The molecule has 0 saturated carbocycles. The number of rotatable bonds is 6. The number of anilines is 1. The number of carbonyl (C=O) groups is 1. The lowest BCUT2D eigenvalue weighted by Crippen LogP contribution is -2.47. The van der Waals surface area contributed by atoms with Crippen molar-refractivity contribution in [1.29, 1.82) is 0 Å². The van der Waals surface area contributed by atoms with Gasteiger partial charge in [0.1, 0.15) is 0 Å². The van der Waals surface area contributed by atoms with E-state index in [9.17, 15) is 4.79 Å². The lowest BCUT2D eigenvalue weighted by atomic mass is 9.96. The maximum Gasteiger partial charge on any atom is 0.252 e. The Hall–Kier alpha value is -1.85. The smallest absolute Gasteiger partial charge is 0.252 e. The van der Waals surface area contributed by atoms with Gasteiger partial charge in [-0.3, -0.25) is 9.69 Å². The van der Waals surface area contributed by atoms with Crippen molar-refractivity contribution < 1.29 is 4.79 Å². The molecule has 1 aromatic heterocycles. The standard InChI is InChI=1S/C22H29N3OS/c26-22(20-17-27-21-10-5-4-9-19(20)21)23-11-6-12-24-13-15-25(16-14-24)18-7-2-1-3-8-18/h1-3,7-8,17H,4-6,9-16H2,(H,23,26). The summed E-state index contributed by atoms with van der Waals surface area (Å²) in [7, 11) is 0. The first-order valence-electron chi connectivity index (χ1n) is 10.2. The van der Waals surface area contributed by atoms with Crippen molar-refractivity contribution >= 4 is 22.9 Å². The van der Waals surface area contributed by atoms with Gasteiger partial charge in [0.15, 0.2) is 0 Å². The Morgan fingerprint density at radius 2 is 1.81 bits per heavy atom. The Labute approximate surface area is 166 Å². The van der Waals surface area contributed by atoms with E-state index in [0.717, 1.165) is 64.1 Å². The largest absolute Gasteiger partial charge is 0.369 e. The van der Waals surface area contributed by atoms with Crippen molar-refractivity contribution in [3.05, 3.63) is 51.7 Å². The predicted molar refractivity (Wildman–Crippen MR) is 113 cm³/mol. The highest BCUT2D eigenvalue weighted by Crippen LogP contribution is 2.30. The number of thiophene rings is 1. The van der Waals surface area contributed by atoms with Gasteiger partial charge in [-0.05, 0) is 56.3 Å². The van der Waals surface area contributed by atoms with Gasteiger partial charge in [-0.15, -0.1) is 11.3 Å². The Morgan fingerprint density at radius 3 is 2.63 bits per heavy atom. The van der Waals surface area contributed by atoms with E-state index >= 15 is 0 Å². The molecule has 1 N–H and O–H groups in total. The number of piperazine rings is 1. The molecule has 2 heterocycles. The molecule has 0 atom stereocenters. The molecule has 0 spiro atoms. The summed E-state index contributed by atoms with van der Waals surface area (Å²) in [6, 6.07) is 10.7. The van der Waals surface area contributed by atoms with Crippen LogP contribution in [0.3, 0.4) is 0 Å². The van der Waals surface area contributed by atoms with Gasteiger partial charge in [0.2, 0.25) is 0 Å². The minimum atomic E-state index is 0.128. The van der Waals surface area contributed by atoms with Gasteiger partial charge in [-0.2, -0.15) is 0 Å². The number of fused-ring (bicyclic) bond motifs is 1. The summed E-state index contributed by atoms with van der Waals surface area (Å²) in [5.74, 6) is 0.128. The SMILES string of the molecule is O=C(NCCCN1CCN(c2ccccc2)CC1)c1csc2c1CCCC2. The van der Waals surface area contributed by atoms with E-state index in [0.29, 0.717) is 0 Å². The van der Waals surface area contributed by atoms with Crippen LogP contribution in [0, 0.1) is 0 Å².